The van der Waals surface area contributed by atoms with Gasteiger partial charge in [-0.15, -0.1) is 0 Å². The molecular formula is C26H28F3N5O3. The minimum absolute atomic E-state index is 0.171. The summed E-state index contributed by atoms with van der Waals surface area (Å²) in [6, 6.07) is 13.2. The molecule has 0 saturated carbocycles. The largest absolute Gasteiger partial charge is 0.495 e. The molecule has 3 N–H and O–H groups in total. The molecule has 2 aromatic carbocycles. The standard InChI is InChI=1S/C26H28F3N5O3/c1-16-15-37-11-10-34(16)22-9-8-17(12-23(22)36-3)32-24-13-21(19(14-31-24)26(27,28)29)33-20-7-5-4-6-18(20)25(35)30-2/h4-9,12-14,16H,10-11,15H2,1-3H3,(H,30,35)(H2,31,32,33). The van der Waals surface area contributed by atoms with Gasteiger partial charge < -0.3 is 30.3 Å². The molecule has 2 heterocycles. The molecule has 1 saturated heterocycles. The van der Waals surface area contributed by atoms with Crippen LogP contribution in [-0.4, -0.2) is 50.8 Å². The number of nitrogens with zero attached hydrogens (tertiary/aromatic N) is 2. The molecule has 11 heteroatoms. The van der Waals surface area contributed by atoms with Crippen molar-refractivity contribution < 1.29 is 27.4 Å². The van der Waals surface area contributed by atoms with Gasteiger partial charge in [0.2, 0.25) is 0 Å². The van der Waals surface area contributed by atoms with Gasteiger partial charge in [-0.2, -0.15) is 13.2 Å². The third-order valence-corrected chi connectivity index (χ3v) is 6.01. The van der Waals surface area contributed by atoms with Crippen LogP contribution in [0.5, 0.6) is 5.75 Å². The van der Waals surface area contributed by atoms with Crippen LogP contribution in [0.2, 0.25) is 0 Å². The summed E-state index contributed by atoms with van der Waals surface area (Å²) in [7, 11) is 3.02. The monoisotopic (exact) mass is 515 g/mol. The maximum absolute atomic E-state index is 13.8. The molecule has 196 valence electrons. The van der Waals surface area contributed by atoms with Crippen molar-refractivity contribution in [1.82, 2.24) is 10.3 Å². The lowest BCUT2D eigenvalue weighted by molar-refractivity contribution is -0.137. The number of morpholine rings is 1. The number of methoxy groups -OCH3 is 1. The predicted molar refractivity (Wildman–Crippen MR) is 136 cm³/mol. The summed E-state index contributed by atoms with van der Waals surface area (Å²) in [5, 5.41) is 8.31. The van der Waals surface area contributed by atoms with Gasteiger partial charge in [-0.25, -0.2) is 4.98 Å². The van der Waals surface area contributed by atoms with Crippen LogP contribution >= 0.6 is 0 Å². The third-order valence-electron chi connectivity index (χ3n) is 6.01. The second-order valence-electron chi connectivity index (χ2n) is 8.49. The van der Waals surface area contributed by atoms with Crippen molar-refractivity contribution >= 4 is 34.5 Å². The molecule has 4 rings (SSSR count). The summed E-state index contributed by atoms with van der Waals surface area (Å²) in [5.41, 5.74) is 0.728. The normalized spacial score (nSPS) is 15.7. The molecule has 0 spiro atoms. The number of hydrogen-bond acceptors (Lipinski definition) is 7. The topological polar surface area (TPSA) is 87.8 Å². The maximum atomic E-state index is 13.8. The van der Waals surface area contributed by atoms with Crippen molar-refractivity contribution in [3.63, 3.8) is 0 Å². The predicted octanol–water partition coefficient (Wildman–Crippen LogP) is 5.18. The van der Waals surface area contributed by atoms with Gasteiger partial charge in [0.15, 0.2) is 0 Å². The van der Waals surface area contributed by atoms with E-state index in [0.717, 1.165) is 18.4 Å². The molecule has 1 aliphatic rings. The summed E-state index contributed by atoms with van der Waals surface area (Å²) >= 11 is 0. The van der Waals surface area contributed by atoms with E-state index in [1.54, 1.807) is 25.3 Å². The number of anilines is 5. The lowest BCUT2D eigenvalue weighted by Gasteiger charge is -2.36. The van der Waals surface area contributed by atoms with Gasteiger partial charge in [0.1, 0.15) is 11.6 Å². The highest BCUT2D eigenvalue weighted by molar-refractivity contribution is 6.00. The molecule has 1 fully saturated rings. The first kappa shape index (κ1) is 26.1. The Morgan fingerprint density at radius 2 is 1.92 bits per heavy atom. The number of para-hydroxylation sites is 1. The SMILES string of the molecule is CNC(=O)c1ccccc1Nc1cc(Nc2ccc(N3CCOCC3C)c(OC)c2)ncc1C(F)(F)F. The second-order valence-corrected chi connectivity index (χ2v) is 8.49. The number of pyridine rings is 1. The van der Waals surface area contributed by atoms with E-state index in [9.17, 15) is 18.0 Å². The number of alkyl halides is 3. The van der Waals surface area contributed by atoms with Crippen LogP contribution < -0.4 is 25.6 Å². The number of benzene rings is 2. The highest BCUT2D eigenvalue weighted by Crippen LogP contribution is 2.38. The average Bonchev–Trinajstić information content (AvgIpc) is 2.88. The molecule has 3 aromatic rings. The first-order valence-corrected chi connectivity index (χ1v) is 11.7. The summed E-state index contributed by atoms with van der Waals surface area (Å²) in [6.07, 6.45) is -3.90. The Balaban J connectivity index is 1.65. The van der Waals surface area contributed by atoms with Gasteiger partial charge in [-0.05, 0) is 31.2 Å². The lowest BCUT2D eigenvalue weighted by atomic mass is 10.1. The van der Waals surface area contributed by atoms with Gasteiger partial charge in [0.05, 0.1) is 48.5 Å². The van der Waals surface area contributed by atoms with Crippen LogP contribution in [0.3, 0.4) is 0 Å². The highest BCUT2D eigenvalue weighted by atomic mass is 19.4. The molecular weight excluding hydrogens is 487 g/mol. The smallest absolute Gasteiger partial charge is 0.419 e. The Labute approximate surface area is 212 Å². The molecule has 37 heavy (non-hydrogen) atoms. The minimum atomic E-state index is -4.66. The molecule has 1 aromatic heterocycles. The Hall–Kier alpha value is -3.99. The van der Waals surface area contributed by atoms with Crippen LogP contribution in [-0.2, 0) is 10.9 Å². The molecule has 1 atom stereocenters. The Morgan fingerprint density at radius 1 is 1.14 bits per heavy atom. The molecule has 0 aliphatic carbocycles. The van der Waals surface area contributed by atoms with Gasteiger partial charge in [-0.3, -0.25) is 4.79 Å². The zero-order chi connectivity index (χ0) is 26.6. The number of nitrogens with one attached hydrogen (secondary N) is 3. The van der Waals surface area contributed by atoms with Gasteiger partial charge in [0, 0.05) is 43.7 Å². The minimum Gasteiger partial charge on any atom is -0.495 e. The van der Waals surface area contributed by atoms with Crippen molar-refractivity contribution in [2.45, 2.75) is 19.1 Å². The Bertz CT molecular complexity index is 1270. The zero-order valence-corrected chi connectivity index (χ0v) is 20.6. The fraction of sp³-hybridized carbons (Fsp3) is 0.308. The summed E-state index contributed by atoms with van der Waals surface area (Å²) < 4.78 is 52.4. The fourth-order valence-electron chi connectivity index (χ4n) is 4.15. The number of hydrogen-bond donors (Lipinski definition) is 3. The number of carbonyl (C=O) groups is 1. The third kappa shape index (κ3) is 5.88. The summed E-state index contributed by atoms with van der Waals surface area (Å²) in [6.45, 7) is 4.00. The summed E-state index contributed by atoms with van der Waals surface area (Å²) in [4.78, 5) is 18.4. The molecule has 0 radical (unpaired) electrons. The number of rotatable bonds is 7. The van der Waals surface area contributed by atoms with Crippen molar-refractivity contribution in [3.05, 3.63) is 65.9 Å². The second kappa shape index (κ2) is 11.0. The van der Waals surface area contributed by atoms with Crippen LogP contribution in [0.25, 0.3) is 0 Å². The van der Waals surface area contributed by atoms with E-state index in [0.29, 0.717) is 24.7 Å². The molecule has 1 aliphatic heterocycles. The van der Waals surface area contributed by atoms with Gasteiger partial charge in [-0.1, -0.05) is 12.1 Å². The molecule has 0 bridgehead atoms. The summed E-state index contributed by atoms with van der Waals surface area (Å²) in [5.74, 6) is 0.372. The van der Waals surface area contributed by atoms with E-state index in [1.807, 2.05) is 12.1 Å². The van der Waals surface area contributed by atoms with E-state index in [2.05, 4.69) is 32.8 Å². The highest BCUT2D eigenvalue weighted by Gasteiger charge is 2.34. The average molecular weight is 516 g/mol. The first-order valence-electron chi connectivity index (χ1n) is 11.7. The van der Waals surface area contributed by atoms with E-state index in [4.69, 9.17) is 9.47 Å². The fourth-order valence-corrected chi connectivity index (χ4v) is 4.15. The van der Waals surface area contributed by atoms with E-state index >= 15 is 0 Å². The Kier molecular flexibility index (Phi) is 7.72. The Morgan fingerprint density at radius 3 is 2.62 bits per heavy atom. The van der Waals surface area contributed by atoms with Gasteiger partial charge >= 0.3 is 6.18 Å². The van der Waals surface area contributed by atoms with E-state index in [1.165, 1.54) is 25.2 Å². The molecule has 8 nitrogen and oxygen atoms in total. The quantitative estimate of drug-likeness (QED) is 0.400. The van der Waals surface area contributed by atoms with Crippen molar-refractivity contribution in [2.24, 2.45) is 0 Å². The van der Waals surface area contributed by atoms with Gasteiger partial charge in [0.25, 0.3) is 5.91 Å². The zero-order valence-electron chi connectivity index (χ0n) is 20.6. The van der Waals surface area contributed by atoms with Crippen LogP contribution in [0.4, 0.5) is 41.7 Å². The van der Waals surface area contributed by atoms with E-state index in [-0.39, 0.29) is 28.8 Å². The van der Waals surface area contributed by atoms with Crippen LogP contribution in [0.1, 0.15) is 22.8 Å². The number of carbonyl (C=O) groups excluding carboxylic acids is 1. The van der Waals surface area contributed by atoms with Crippen molar-refractivity contribution in [1.29, 1.82) is 0 Å². The lowest BCUT2D eigenvalue weighted by Crippen LogP contribution is -2.43. The van der Waals surface area contributed by atoms with Crippen molar-refractivity contribution in [2.75, 3.05) is 49.4 Å². The maximum Gasteiger partial charge on any atom is 0.419 e. The molecule has 1 amide bonds. The van der Waals surface area contributed by atoms with Crippen LogP contribution in [0.15, 0.2) is 54.7 Å². The van der Waals surface area contributed by atoms with Crippen LogP contribution in [0, 0.1) is 0 Å². The first-order chi connectivity index (χ1) is 17.7. The molecule has 1 unspecified atom stereocenters. The number of aromatic nitrogens is 1. The number of halogens is 3. The van der Waals surface area contributed by atoms with E-state index < -0.39 is 17.6 Å². The number of ether oxygens (including phenoxy) is 2. The van der Waals surface area contributed by atoms with Crippen molar-refractivity contribution in [3.8, 4) is 5.75 Å². The number of amides is 1.